The summed E-state index contributed by atoms with van der Waals surface area (Å²) in [6.07, 6.45) is 6.31. The molecule has 2 aliphatic rings. The Morgan fingerprint density at radius 2 is 1.95 bits per heavy atom. The number of carbonyl (C=O) groups excluding carboxylic acids is 2. The topological polar surface area (TPSA) is 73.9 Å². The number of fused-ring (bicyclic) bond motifs is 1. The van der Waals surface area contributed by atoms with Gasteiger partial charge in [0.2, 0.25) is 5.91 Å². The van der Waals surface area contributed by atoms with Crippen LogP contribution in [-0.4, -0.2) is 68.0 Å². The molecule has 2 aliphatic heterocycles. The lowest BCUT2D eigenvalue weighted by molar-refractivity contribution is -0.122. The van der Waals surface area contributed by atoms with Crippen molar-refractivity contribution >= 4 is 11.8 Å². The molecule has 2 aromatic carbocycles. The molecule has 0 aliphatic carbocycles. The highest BCUT2D eigenvalue weighted by molar-refractivity contribution is 5.94. The Morgan fingerprint density at radius 1 is 1.08 bits per heavy atom. The van der Waals surface area contributed by atoms with Crippen molar-refractivity contribution in [2.24, 2.45) is 5.92 Å². The van der Waals surface area contributed by atoms with Crippen LogP contribution in [0.1, 0.15) is 60.0 Å². The second-order valence-electron chi connectivity index (χ2n) is 10.5. The molecule has 0 aromatic heterocycles. The molecule has 2 aromatic rings. The second kappa shape index (κ2) is 14.1. The summed E-state index contributed by atoms with van der Waals surface area (Å²) in [5, 5.41) is 6.17. The lowest BCUT2D eigenvalue weighted by atomic mass is 9.95. The summed E-state index contributed by atoms with van der Waals surface area (Å²) in [5.74, 6) is 1.37. The molecule has 37 heavy (non-hydrogen) atoms. The number of amides is 2. The van der Waals surface area contributed by atoms with E-state index in [9.17, 15) is 9.59 Å². The fraction of sp³-hybridized carbons (Fsp3) is 0.533. The van der Waals surface area contributed by atoms with Crippen molar-refractivity contribution in [1.82, 2.24) is 20.4 Å². The fourth-order valence-corrected chi connectivity index (χ4v) is 5.28. The average molecular weight is 507 g/mol. The van der Waals surface area contributed by atoms with Gasteiger partial charge in [0.15, 0.2) is 0 Å². The van der Waals surface area contributed by atoms with Gasteiger partial charge in [0.1, 0.15) is 5.75 Å². The highest BCUT2D eigenvalue weighted by Gasteiger charge is 2.19. The van der Waals surface area contributed by atoms with Crippen LogP contribution in [0.2, 0.25) is 0 Å². The third kappa shape index (κ3) is 8.86. The number of hydrogen-bond donors (Lipinski definition) is 2. The molecule has 2 amide bonds. The zero-order valence-corrected chi connectivity index (χ0v) is 22.2. The standard InChI is InChI=1S/C30H42N4O3/c1-33-17-8-11-25(20-33)14-16-32-30(36)26-12-13-27-22-34(21-24-9-4-2-5-10-24)23-29(35)31-15-6-3-7-18-37-28(27)19-26/h2,4-5,9-10,12-13,19,25H,3,6-8,11,14-18,20-23H2,1H3,(H,31,35)(H,32,36). The number of hydrogen-bond acceptors (Lipinski definition) is 5. The number of nitrogens with zero attached hydrogens (tertiary/aromatic N) is 2. The van der Waals surface area contributed by atoms with E-state index in [-0.39, 0.29) is 11.8 Å². The van der Waals surface area contributed by atoms with E-state index in [4.69, 9.17) is 4.74 Å². The first-order chi connectivity index (χ1) is 18.1. The van der Waals surface area contributed by atoms with Gasteiger partial charge in [0.05, 0.1) is 13.2 Å². The minimum absolute atomic E-state index is 0.0396. The van der Waals surface area contributed by atoms with Gasteiger partial charge in [-0.05, 0) is 75.7 Å². The van der Waals surface area contributed by atoms with Crippen LogP contribution >= 0.6 is 0 Å². The monoisotopic (exact) mass is 506 g/mol. The lowest BCUT2D eigenvalue weighted by Crippen LogP contribution is -2.37. The first kappa shape index (κ1) is 27.1. The summed E-state index contributed by atoms with van der Waals surface area (Å²) >= 11 is 0. The fourth-order valence-electron chi connectivity index (χ4n) is 5.28. The van der Waals surface area contributed by atoms with E-state index in [0.29, 0.717) is 50.8 Å². The van der Waals surface area contributed by atoms with E-state index in [2.05, 4.69) is 39.6 Å². The number of rotatable bonds is 6. The van der Waals surface area contributed by atoms with Crippen LogP contribution in [0.15, 0.2) is 48.5 Å². The third-order valence-electron chi connectivity index (χ3n) is 7.30. The van der Waals surface area contributed by atoms with E-state index in [0.717, 1.165) is 49.1 Å². The predicted molar refractivity (Wildman–Crippen MR) is 147 cm³/mol. The highest BCUT2D eigenvalue weighted by atomic mass is 16.5. The van der Waals surface area contributed by atoms with Gasteiger partial charge in [-0.2, -0.15) is 0 Å². The van der Waals surface area contributed by atoms with Crippen LogP contribution in [0.4, 0.5) is 0 Å². The Kier molecular flexibility index (Phi) is 10.4. The SMILES string of the molecule is CN1CCCC(CCNC(=O)c2ccc3c(c2)OCCCCCNC(=O)CN(Cc2ccccc2)C3)C1. The molecule has 0 spiro atoms. The van der Waals surface area contributed by atoms with Crippen LogP contribution in [0.5, 0.6) is 5.75 Å². The summed E-state index contributed by atoms with van der Waals surface area (Å²) in [5.41, 5.74) is 2.77. The molecule has 7 heteroatoms. The Morgan fingerprint density at radius 3 is 2.78 bits per heavy atom. The molecule has 1 unspecified atom stereocenters. The minimum Gasteiger partial charge on any atom is -0.493 e. The predicted octanol–water partition coefficient (Wildman–Crippen LogP) is 3.83. The molecular weight excluding hydrogens is 464 g/mol. The lowest BCUT2D eigenvalue weighted by Gasteiger charge is -2.29. The zero-order chi connectivity index (χ0) is 25.9. The number of nitrogens with one attached hydrogen (secondary N) is 2. The van der Waals surface area contributed by atoms with Gasteiger partial charge in [-0.3, -0.25) is 14.5 Å². The third-order valence-corrected chi connectivity index (χ3v) is 7.30. The van der Waals surface area contributed by atoms with Gasteiger partial charge in [-0.15, -0.1) is 0 Å². The number of ether oxygens (including phenoxy) is 1. The molecule has 0 radical (unpaired) electrons. The van der Waals surface area contributed by atoms with Crippen molar-refractivity contribution in [2.75, 3.05) is 46.4 Å². The molecule has 4 rings (SSSR count). The summed E-state index contributed by atoms with van der Waals surface area (Å²) in [6, 6.07) is 15.9. The van der Waals surface area contributed by atoms with Crippen LogP contribution in [0.3, 0.4) is 0 Å². The molecule has 2 N–H and O–H groups in total. The first-order valence-corrected chi connectivity index (χ1v) is 13.8. The molecule has 0 bridgehead atoms. The molecule has 200 valence electrons. The number of piperidine rings is 1. The Bertz CT molecular complexity index is 1010. The Hall–Kier alpha value is -2.90. The largest absolute Gasteiger partial charge is 0.493 e. The maximum atomic E-state index is 13.0. The molecule has 2 heterocycles. The summed E-state index contributed by atoms with van der Waals surface area (Å²) < 4.78 is 6.21. The molecule has 1 atom stereocenters. The average Bonchev–Trinajstić information content (AvgIpc) is 2.90. The number of carbonyl (C=O) groups is 2. The van der Waals surface area contributed by atoms with E-state index in [1.54, 1.807) is 0 Å². The van der Waals surface area contributed by atoms with Gasteiger partial charge in [-0.25, -0.2) is 0 Å². The van der Waals surface area contributed by atoms with Crippen LogP contribution in [-0.2, 0) is 17.9 Å². The smallest absolute Gasteiger partial charge is 0.251 e. The zero-order valence-electron chi connectivity index (χ0n) is 22.2. The highest BCUT2D eigenvalue weighted by Crippen LogP contribution is 2.24. The summed E-state index contributed by atoms with van der Waals surface area (Å²) in [4.78, 5) is 30.1. The van der Waals surface area contributed by atoms with Crippen molar-refractivity contribution in [3.63, 3.8) is 0 Å². The van der Waals surface area contributed by atoms with Gasteiger partial charge in [0, 0.05) is 43.9 Å². The van der Waals surface area contributed by atoms with Gasteiger partial charge < -0.3 is 20.3 Å². The summed E-state index contributed by atoms with van der Waals surface area (Å²) in [7, 11) is 2.17. The van der Waals surface area contributed by atoms with Crippen molar-refractivity contribution in [1.29, 1.82) is 0 Å². The van der Waals surface area contributed by atoms with E-state index >= 15 is 0 Å². The normalized spacial score (nSPS) is 20.4. The van der Waals surface area contributed by atoms with Crippen molar-refractivity contribution in [3.05, 3.63) is 65.2 Å². The van der Waals surface area contributed by atoms with Crippen LogP contribution in [0, 0.1) is 5.92 Å². The minimum atomic E-state index is -0.0565. The number of likely N-dealkylation sites (tertiary alicyclic amines) is 1. The molecule has 0 saturated carbocycles. The summed E-state index contributed by atoms with van der Waals surface area (Å²) in [6.45, 7) is 5.79. The maximum absolute atomic E-state index is 13.0. The Labute approximate surface area is 221 Å². The van der Waals surface area contributed by atoms with Gasteiger partial charge in [-0.1, -0.05) is 36.4 Å². The van der Waals surface area contributed by atoms with E-state index in [1.807, 2.05) is 36.4 Å². The van der Waals surface area contributed by atoms with Crippen molar-refractivity contribution in [3.8, 4) is 5.75 Å². The molecule has 7 nitrogen and oxygen atoms in total. The Balaban J connectivity index is 1.45. The maximum Gasteiger partial charge on any atom is 0.251 e. The van der Waals surface area contributed by atoms with Gasteiger partial charge >= 0.3 is 0 Å². The second-order valence-corrected chi connectivity index (χ2v) is 10.5. The van der Waals surface area contributed by atoms with Crippen LogP contribution in [0.25, 0.3) is 0 Å². The number of benzene rings is 2. The van der Waals surface area contributed by atoms with Crippen molar-refractivity contribution < 1.29 is 14.3 Å². The van der Waals surface area contributed by atoms with E-state index in [1.165, 1.54) is 19.4 Å². The molecule has 1 saturated heterocycles. The molecular formula is C30H42N4O3. The van der Waals surface area contributed by atoms with E-state index < -0.39 is 0 Å². The first-order valence-electron chi connectivity index (χ1n) is 13.8. The van der Waals surface area contributed by atoms with Crippen molar-refractivity contribution in [2.45, 2.75) is 51.6 Å². The van der Waals surface area contributed by atoms with Crippen LogP contribution < -0.4 is 15.4 Å². The molecule has 1 fully saturated rings. The quantitative estimate of drug-likeness (QED) is 0.623. The van der Waals surface area contributed by atoms with Gasteiger partial charge in [0.25, 0.3) is 5.91 Å².